The Balaban J connectivity index is 1.50. The largest absolute Gasteiger partial charge is 0.444 e. The molecule has 3 aromatic carbocycles. The van der Waals surface area contributed by atoms with Crippen LogP contribution >= 0.6 is 0 Å². The van der Waals surface area contributed by atoms with E-state index in [2.05, 4.69) is 72.4 Å². The van der Waals surface area contributed by atoms with Crippen LogP contribution in [0, 0.1) is 6.92 Å². The molecule has 0 amide bonds. The van der Waals surface area contributed by atoms with Crippen molar-refractivity contribution in [3.63, 3.8) is 0 Å². The molecule has 0 unspecified atom stereocenters. The molecule has 0 aliphatic heterocycles. The highest BCUT2D eigenvalue weighted by atomic mass is 16.3. The third-order valence-corrected chi connectivity index (χ3v) is 4.68. The van der Waals surface area contributed by atoms with E-state index in [0.717, 1.165) is 24.3 Å². The van der Waals surface area contributed by atoms with Crippen molar-refractivity contribution in [2.45, 2.75) is 20.0 Å². The quantitative estimate of drug-likeness (QED) is 0.484. The summed E-state index contributed by atoms with van der Waals surface area (Å²) in [6.07, 6.45) is 1.77. The van der Waals surface area contributed by atoms with Crippen LogP contribution in [0.3, 0.4) is 0 Å². The number of hydrogen-bond acceptors (Lipinski definition) is 3. The molecule has 0 aliphatic carbocycles. The summed E-state index contributed by atoms with van der Waals surface area (Å²) in [5.74, 6) is 0.691. The number of aryl methyl sites for hydroxylation is 1. The van der Waals surface area contributed by atoms with Crippen molar-refractivity contribution in [2.75, 3.05) is 7.05 Å². The molecule has 0 spiro atoms. The second kappa shape index (κ2) is 7.14. The molecule has 0 atom stereocenters. The van der Waals surface area contributed by atoms with Crippen LogP contribution in [0.2, 0.25) is 0 Å². The highest BCUT2D eigenvalue weighted by Crippen LogP contribution is 2.23. The zero-order valence-electron chi connectivity index (χ0n) is 15.1. The first-order valence-electron chi connectivity index (χ1n) is 8.86. The average molecular weight is 342 g/mol. The van der Waals surface area contributed by atoms with Crippen molar-refractivity contribution in [1.82, 2.24) is 9.88 Å². The van der Waals surface area contributed by atoms with Crippen molar-refractivity contribution in [2.24, 2.45) is 0 Å². The molecule has 1 aromatic heterocycles. The Labute approximate surface area is 153 Å². The first kappa shape index (κ1) is 16.6. The van der Waals surface area contributed by atoms with E-state index in [9.17, 15) is 0 Å². The smallest absolute Gasteiger partial charge is 0.226 e. The summed E-state index contributed by atoms with van der Waals surface area (Å²) in [4.78, 5) is 6.94. The van der Waals surface area contributed by atoms with E-state index in [1.54, 1.807) is 6.26 Å². The van der Waals surface area contributed by atoms with Gasteiger partial charge in [-0.15, -0.1) is 0 Å². The first-order chi connectivity index (χ1) is 12.7. The second-order valence-corrected chi connectivity index (χ2v) is 6.77. The fourth-order valence-corrected chi connectivity index (χ4v) is 3.37. The van der Waals surface area contributed by atoms with Gasteiger partial charge in [-0.3, -0.25) is 4.90 Å². The number of oxazole rings is 1. The molecule has 4 aromatic rings. The van der Waals surface area contributed by atoms with Crippen molar-refractivity contribution >= 4 is 10.8 Å². The van der Waals surface area contributed by atoms with E-state index in [4.69, 9.17) is 4.42 Å². The number of rotatable bonds is 5. The molecule has 3 heteroatoms. The van der Waals surface area contributed by atoms with Crippen molar-refractivity contribution < 1.29 is 4.42 Å². The Bertz CT molecular complexity index is 1030. The minimum atomic E-state index is 0.691. The lowest BCUT2D eigenvalue weighted by molar-refractivity contribution is 0.316. The van der Waals surface area contributed by atoms with Gasteiger partial charge in [0.05, 0.1) is 5.69 Å². The van der Waals surface area contributed by atoms with Crippen molar-refractivity contribution in [3.8, 4) is 11.5 Å². The van der Waals surface area contributed by atoms with Crippen LogP contribution in [0.5, 0.6) is 0 Å². The minimum absolute atomic E-state index is 0.691. The molecule has 26 heavy (non-hydrogen) atoms. The van der Waals surface area contributed by atoms with Gasteiger partial charge < -0.3 is 4.42 Å². The van der Waals surface area contributed by atoms with E-state index in [0.29, 0.717) is 5.89 Å². The molecule has 130 valence electrons. The molecule has 1 heterocycles. The maximum atomic E-state index is 5.72. The molecule has 0 fully saturated rings. The average Bonchev–Trinajstić information content (AvgIpc) is 3.10. The zero-order chi connectivity index (χ0) is 17.9. The van der Waals surface area contributed by atoms with E-state index >= 15 is 0 Å². The highest BCUT2D eigenvalue weighted by Gasteiger charge is 2.11. The fraction of sp³-hybridized carbons (Fsp3) is 0.174. The number of hydrogen-bond donors (Lipinski definition) is 0. The SMILES string of the molecule is Cc1ccccc1-c1nc(CN(C)Cc2cccc3ccccc23)co1. The molecule has 0 bridgehead atoms. The number of benzene rings is 3. The van der Waals surface area contributed by atoms with Crippen LogP contribution < -0.4 is 0 Å². The van der Waals surface area contributed by atoms with Crippen LogP contribution in [0.4, 0.5) is 0 Å². The van der Waals surface area contributed by atoms with Gasteiger partial charge in [-0.25, -0.2) is 4.98 Å². The summed E-state index contributed by atoms with van der Waals surface area (Å²) in [6, 6.07) is 23.2. The van der Waals surface area contributed by atoms with Crippen LogP contribution in [0.1, 0.15) is 16.8 Å². The summed E-state index contributed by atoms with van der Waals surface area (Å²) >= 11 is 0. The molecule has 0 saturated heterocycles. The Hall–Kier alpha value is -2.91. The van der Waals surface area contributed by atoms with E-state index in [-0.39, 0.29) is 0 Å². The van der Waals surface area contributed by atoms with Gasteiger partial charge >= 0.3 is 0 Å². The third kappa shape index (κ3) is 3.39. The Morgan fingerprint density at radius 3 is 2.54 bits per heavy atom. The molecule has 0 aliphatic rings. The molecular formula is C23H22N2O. The van der Waals surface area contributed by atoms with Crippen LogP contribution in [0.25, 0.3) is 22.2 Å². The second-order valence-electron chi connectivity index (χ2n) is 6.77. The standard InChI is InChI=1S/C23H22N2O/c1-17-8-3-5-12-21(17)23-24-20(16-26-23)15-25(2)14-19-11-7-10-18-9-4-6-13-22(18)19/h3-13,16H,14-15H2,1-2H3. The van der Waals surface area contributed by atoms with Gasteiger partial charge in [0.15, 0.2) is 0 Å². The lowest BCUT2D eigenvalue weighted by Crippen LogP contribution is -2.17. The predicted molar refractivity (Wildman–Crippen MR) is 106 cm³/mol. The monoisotopic (exact) mass is 342 g/mol. The summed E-state index contributed by atoms with van der Waals surface area (Å²) in [6.45, 7) is 3.69. The molecule has 3 nitrogen and oxygen atoms in total. The summed E-state index contributed by atoms with van der Waals surface area (Å²) in [5.41, 5.74) is 4.50. The van der Waals surface area contributed by atoms with Crippen LogP contribution in [-0.4, -0.2) is 16.9 Å². The minimum Gasteiger partial charge on any atom is -0.444 e. The van der Waals surface area contributed by atoms with E-state index in [1.165, 1.54) is 21.9 Å². The lowest BCUT2D eigenvalue weighted by atomic mass is 10.0. The topological polar surface area (TPSA) is 29.3 Å². The molecule has 0 N–H and O–H groups in total. The van der Waals surface area contributed by atoms with Gasteiger partial charge in [0, 0.05) is 18.7 Å². The molecule has 0 radical (unpaired) electrons. The van der Waals surface area contributed by atoms with Crippen LogP contribution in [-0.2, 0) is 13.1 Å². The summed E-state index contributed by atoms with van der Waals surface area (Å²) in [7, 11) is 2.11. The summed E-state index contributed by atoms with van der Waals surface area (Å²) in [5, 5.41) is 2.59. The van der Waals surface area contributed by atoms with E-state index < -0.39 is 0 Å². The van der Waals surface area contributed by atoms with E-state index in [1.807, 2.05) is 18.2 Å². The normalized spacial score (nSPS) is 11.3. The first-order valence-corrected chi connectivity index (χ1v) is 8.86. The summed E-state index contributed by atoms with van der Waals surface area (Å²) < 4.78 is 5.72. The lowest BCUT2D eigenvalue weighted by Gasteiger charge is -2.16. The van der Waals surface area contributed by atoms with Gasteiger partial charge in [0.2, 0.25) is 5.89 Å². The van der Waals surface area contributed by atoms with Crippen LogP contribution in [0.15, 0.2) is 77.4 Å². The predicted octanol–water partition coefficient (Wildman–Crippen LogP) is 5.44. The highest BCUT2D eigenvalue weighted by molar-refractivity contribution is 5.85. The number of fused-ring (bicyclic) bond motifs is 1. The Kier molecular flexibility index (Phi) is 4.55. The molecule has 4 rings (SSSR count). The maximum Gasteiger partial charge on any atom is 0.226 e. The Morgan fingerprint density at radius 1 is 0.885 bits per heavy atom. The third-order valence-electron chi connectivity index (χ3n) is 4.68. The Morgan fingerprint density at radius 2 is 1.65 bits per heavy atom. The van der Waals surface area contributed by atoms with Crippen molar-refractivity contribution in [3.05, 3.63) is 89.8 Å². The number of aromatic nitrogens is 1. The zero-order valence-corrected chi connectivity index (χ0v) is 15.1. The van der Waals surface area contributed by atoms with Gasteiger partial charge in [-0.2, -0.15) is 0 Å². The van der Waals surface area contributed by atoms with Gasteiger partial charge in [-0.1, -0.05) is 60.7 Å². The van der Waals surface area contributed by atoms with Gasteiger partial charge in [0.25, 0.3) is 0 Å². The number of nitrogens with zero attached hydrogens (tertiary/aromatic N) is 2. The van der Waals surface area contributed by atoms with Gasteiger partial charge in [0.1, 0.15) is 6.26 Å². The maximum absolute atomic E-state index is 5.72. The fourth-order valence-electron chi connectivity index (χ4n) is 3.37. The molecular weight excluding hydrogens is 320 g/mol. The molecule has 0 saturated carbocycles. The van der Waals surface area contributed by atoms with Gasteiger partial charge in [-0.05, 0) is 41.9 Å². The van der Waals surface area contributed by atoms with Crippen molar-refractivity contribution in [1.29, 1.82) is 0 Å².